The highest BCUT2D eigenvalue weighted by Crippen LogP contribution is 2.11. The van der Waals surface area contributed by atoms with Gasteiger partial charge in [0.05, 0.1) is 12.2 Å². The van der Waals surface area contributed by atoms with E-state index in [-0.39, 0.29) is 11.4 Å². The number of ether oxygens (including phenoxy) is 1. The van der Waals surface area contributed by atoms with Crippen molar-refractivity contribution in [3.63, 3.8) is 0 Å². The highest BCUT2D eigenvalue weighted by Gasteiger charge is 2.14. The molecule has 0 saturated carbocycles. The zero-order chi connectivity index (χ0) is 16.8. The maximum atomic E-state index is 12.7. The van der Waals surface area contributed by atoms with E-state index in [1.165, 1.54) is 48.1 Å². The molecule has 0 unspecified atom stereocenters. The molecule has 0 bridgehead atoms. The second-order valence-corrected chi connectivity index (χ2v) is 4.91. The van der Waals surface area contributed by atoms with Gasteiger partial charge in [-0.3, -0.25) is 9.59 Å². The largest absolute Gasteiger partial charge is 0.502 e. The van der Waals surface area contributed by atoms with Crippen LogP contribution in [0.1, 0.15) is 16.8 Å². The Balaban J connectivity index is 1.78. The number of aromatic hydroxyl groups is 1. The predicted molar refractivity (Wildman–Crippen MR) is 82.2 cm³/mol. The van der Waals surface area contributed by atoms with Crippen molar-refractivity contribution in [1.29, 1.82) is 0 Å². The van der Waals surface area contributed by atoms with Gasteiger partial charge in [0, 0.05) is 19.8 Å². The first-order chi connectivity index (χ1) is 11.0. The zero-order valence-electron chi connectivity index (χ0n) is 12.6. The molecule has 6 nitrogen and oxygen atoms in total. The van der Waals surface area contributed by atoms with Crippen molar-refractivity contribution >= 4 is 5.91 Å². The third-order valence-corrected chi connectivity index (χ3v) is 3.18. The summed E-state index contributed by atoms with van der Waals surface area (Å²) >= 11 is 0. The third kappa shape index (κ3) is 4.32. The Morgan fingerprint density at radius 3 is 2.70 bits per heavy atom. The number of benzene rings is 1. The van der Waals surface area contributed by atoms with Gasteiger partial charge >= 0.3 is 0 Å². The minimum atomic E-state index is -0.628. The van der Waals surface area contributed by atoms with Crippen LogP contribution in [0.2, 0.25) is 0 Å². The van der Waals surface area contributed by atoms with Crippen molar-refractivity contribution in [2.75, 3.05) is 13.2 Å². The summed E-state index contributed by atoms with van der Waals surface area (Å²) in [6.07, 6.45) is 1.93. The average molecular weight is 320 g/mol. The van der Waals surface area contributed by atoms with E-state index < -0.39 is 17.2 Å². The van der Waals surface area contributed by atoms with Gasteiger partial charge in [0.2, 0.25) is 0 Å². The van der Waals surface area contributed by atoms with Crippen LogP contribution in [0.15, 0.2) is 41.3 Å². The average Bonchev–Trinajstić information content (AvgIpc) is 2.54. The van der Waals surface area contributed by atoms with Crippen LogP contribution < -0.4 is 15.6 Å². The van der Waals surface area contributed by atoms with Gasteiger partial charge in [0.15, 0.2) is 5.75 Å². The number of hydrogen-bond acceptors (Lipinski definition) is 4. The minimum absolute atomic E-state index is 0.0625. The first-order valence-corrected chi connectivity index (χ1v) is 7.04. The van der Waals surface area contributed by atoms with E-state index in [1.54, 1.807) is 0 Å². The summed E-state index contributed by atoms with van der Waals surface area (Å²) in [5, 5.41) is 12.3. The lowest BCUT2D eigenvalue weighted by molar-refractivity contribution is 0.0948. The van der Waals surface area contributed by atoms with Gasteiger partial charge in [-0.05, 0) is 36.8 Å². The van der Waals surface area contributed by atoms with Crippen molar-refractivity contribution in [1.82, 2.24) is 9.88 Å². The van der Waals surface area contributed by atoms with Crippen LogP contribution in [-0.2, 0) is 7.05 Å². The fraction of sp³-hybridized carbons (Fsp3) is 0.250. The van der Waals surface area contributed by atoms with Gasteiger partial charge < -0.3 is 19.7 Å². The van der Waals surface area contributed by atoms with Crippen LogP contribution in [0.3, 0.4) is 0 Å². The van der Waals surface area contributed by atoms with Gasteiger partial charge in [0.1, 0.15) is 11.6 Å². The lowest BCUT2D eigenvalue weighted by Gasteiger charge is -2.08. The molecule has 2 rings (SSSR count). The predicted octanol–water partition coefficient (Wildman–Crippen LogP) is 1.43. The van der Waals surface area contributed by atoms with Crippen LogP contribution in [0.4, 0.5) is 4.39 Å². The van der Waals surface area contributed by atoms with Crippen LogP contribution in [-0.4, -0.2) is 28.7 Å². The standard InChI is InChI=1S/C16H17FN2O4/c1-19-9-7-13(14(20)16(19)22)15(21)18-8-2-10-23-12-5-3-11(17)4-6-12/h3-7,9,20H,2,8,10H2,1H3,(H,18,21). The first kappa shape index (κ1) is 16.5. The minimum Gasteiger partial charge on any atom is -0.502 e. The number of aryl methyl sites for hydroxylation is 1. The van der Waals surface area contributed by atoms with Gasteiger partial charge in [-0.1, -0.05) is 0 Å². The summed E-state index contributed by atoms with van der Waals surface area (Å²) in [6, 6.07) is 7.02. The Labute approximate surface area is 132 Å². The number of pyridine rings is 1. The third-order valence-electron chi connectivity index (χ3n) is 3.18. The van der Waals surface area contributed by atoms with Crippen molar-refractivity contribution in [2.24, 2.45) is 7.05 Å². The lowest BCUT2D eigenvalue weighted by Crippen LogP contribution is -2.28. The van der Waals surface area contributed by atoms with Gasteiger partial charge in [-0.15, -0.1) is 0 Å². The van der Waals surface area contributed by atoms with E-state index in [1.807, 2.05) is 0 Å². The highest BCUT2D eigenvalue weighted by atomic mass is 19.1. The molecule has 2 aromatic rings. The molecular weight excluding hydrogens is 303 g/mol. The quantitative estimate of drug-likeness (QED) is 0.789. The molecule has 0 spiro atoms. The molecule has 0 saturated heterocycles. The van der Waals surface area contributed by atoms with E-state index in [4.69, 9.17) is 4.74 Å². The second-order valence-electron chi connectivity index (χ2n) is 4.91. The van der Waals surface area contributed by atoms with E-state index in [0.717, 1.165) is 0 Å². The molecule has 1 aromatic carbocycles. The normalized spacial score (nSPS) is 10.3. The smallest absolute Gasteiger partial charge is 0.293 e. The number of aromatic nitrogens is 1. The van der Waals surface area contributed by atoms with Crippen molar-refractivity contribution in [2.45, 2.75) is 6.42 Å². The van der Waals surface area contributed by atoms with Gasteiger partial charge in [-0.25, -0.2) is 4.39 Å². The summed E-state index contributed by atoms with van der Waals surface area (Å²) < 4.78 is 19.3. The molecule has 23 heavy (non-hydrogen) atoms. The van der Waals surface area contributed by atoms with E-state index >= 15 is 0 Å². The van der Waals surface area contributed by atoms with Crippen molar-refractivity contribution in [3.8, 4) is 11.5 Å². The van der Waals surface area contributed by atoms with Gasteiger partial charge in [-0.2, -0.15) is 0 Å². The number of nitrogens with zero attached hydrogens (tertiary/aromatic N) is 1. The maximum absolute atomic E-state index is 12.7. The van der Waals surface area contributed by atoms with Crippen molar-refractivity contribution in [3.05, 3.63) is 58.3 Å². The van der Waals surface area contributed by atoms with Crippen LogP contribution in [0.5, 0.6) is 11.5 Å². The molecular formula is C16H17FN2O4. The summed E-state index contributed by atoms with van der Waals surface area (Å²) in [5.41, 5.74) is -0.690. The Hall–Kier alpha value is -2.83. The van der Waals surface area contributed by atoms with Gasteiger partial charge in [0.25, 0.3) is 11.5 Å². The monoisotopic (exact) mass is 320 g/mol. The molecule has 1 heterocycles. The lowest BCUT2D eigenvalue weighted by atomic mass is 10.2. The molecule has 0 radical (unpaired) electrons. The molecule has 2 N–H and O–H groups in total. The van der Waals surface area contributed by atoms with Crippen LogP contribution >= 0.6 is 0 Å². The molecule has 0 atom stereocenters. The van der Waals surface area contributed by atoms with Crippen LogP contribution in [0.25, 0.3) is 0 Å². The summed E-state index contributed by atoms with van der Waals surface area (Å²) in [6.45, 7) is 0.656. The molecule has 0 fully saturated rings. The Kier molecular flexibility index (Phi) is 5.35. The summed E-state index contributed by atoms with van der Waals surface area (Å²) in [5.74, 6) is -0.891. The SMILES string of the molecule is Cn1ccc(C(=O)NCCCOc2ccc(F)cc2)c(O)c1=O. The topological polar surface area (TPSA) is 80.6 Å². The van der Waals surface area contributed by atoms with Crippen molar-refractivity contribution < 1.29 is 19.0 Å². The molecule has 1 aromatic heterocycles. The van der Waals surface area contributed by atoms with E-state index in [9.17, 15) is 19.1 Å². The molecule has 122 valence electrons. The number of nitrogens with one attached hydrogen (secondary N) is 1. The number of hydrogen-bond donors (Lipinski definition) is 2. The first-order valence-electron chi connectivity index (χ1n) is 7.04. The Bertz CT molecular complexity index is 741. The maximum Gasteiger partial charge on any atom is 0.293 e. The number of rotatable bonds is 6. The molecule has 0 aliphatic rings. The fourth-order valence-corrected chi connectivity index (χ4v) is 1.89. The summed E-state index contributed by atoms with van der Waals surface area (Å²) in [7, 11) is 1.48. The molecule has 0 aliphatic heterocycles. The summed E-state index contributed by atoms with van der Waals surface area (Å²) in [4.78, 5) is 23.4. The number of carbonyl (C=O) groups excluding carboxylic acids is 1. The molecule has 0 aliphatic carbocycles. The van der Waals surface area contributed by atoms with E-state index in [0.29, 0.717) is 25.3 Å². The fourth-order valence-electron chi connectivity index (χ4n) is 1.89. The van der Waals surface area contributed by atoms with Crippen LogP contribution in [0, 0.1) is 5.82 Å². The van der Waals surface area contributed by atoms with E-state index in [2.05, 4.69) is 5.32 Å². The highest BCUT2D eigenvalue weighted by molar-refractivity contribution is 5.96. The number of amides is 1. The zero-order valence-corrected chi connectivity index (χ0v) is 12.6. The Morgan fingerprint density at radius 1 is 1.30 bits per heavy atom. The number of carbonyl (C=O) groups is 1. The number of halogens is 1. The molecule has 1 amide bonds. The Morgan fingerprint density at radius 2 is 2.00 bits per heavy atom. The molecule has 7 heteroatoms. The second kappa shape index (κ2) is 7.44.